The number of hydrogen-bond acceptors (Lipinski definition) is 5. The van der Waals surface area contributed by atoms with Gasteiger partial charge in [0.1, 0.15) is 0 Å². The molecule has 0 bridgehead atoms. The van der Waals surface area contributed by atoms with E-state index in [1.54, 1.807) is 0 Å². The molecule has 88 valence electrons. The van der Waals surface area contributed by atoms with Crippen LogP contribution in [0.5, 0.6) is 0 Å². The molecule has 0 saturated carbocycles. The van der Waals surface area contributed by atoms with Gasteiger partial charge in [0.15, 0.2) is 0 Å². The number of carbonyl (C=O) groups is 1. The maximum Gasteiger partial charge on any atom is 0.248 e. The van der Waals surface area contributed by atoms with Gasteiger partial charge in [0, 0.05) is 26.2 Å². The van der Waals surface area contributed by atoms with Crippen molar-refractivity contribution in [2.24, 2.45) is 5.84 Å². The molecule has 1 aliphatic rings. The van der Waals surface area contributed by atoms with Crippen molar-refractivity contribution in [3.63, 3.8) is 0 Å². The van der Waals surface area contributed by atoms with Gasteiger partial charge in [-0.2, -0.15) is 4.31 Å². The van der Waals surface area contributed by atoms with E-state index in [2.05, 4.69) is 0 Å². The third-order valence-corrected chi connectivity index (χ3v) is 3.63. The third-order valence-electron chi connectivity index (χ3n) is 2.33. The van der Waals surface area contributed by atoms with Crippen LogP contribution in [-0.4, -0.2) is 62.5 Å². The van der Waals surface area contributed by atoms with Crippen LogP contribution in [0.1, 0.15) is 0 Å². The first-order chi connectivity index (χ1) is 6.93. The van der Waals surface area contributed by atoms with Crippen molar-refractivity contribution in [1.82, 2.24) is 14.6 Å². The van der Waals surface area contributed by atoms with Crippen molar-refractivity contribution < 1.29 is 13.2 Å². The lowest BCUT2D eigenvalue weighted by Gasteiger charge is -2.32. The molecule has 1 heterocycles. The van der Waals surface area contributed by atoms with Gasteiger partial charge in [-0.1, -0.05) is 0 Å². The Morgan fingerprint density at radius 1 is 1.33 bits per heavy atom. The lowest BCUT2D eigenvalue weighted by atomic mass is 10.3. The lowest BCUT2D eigenvalue weighted by molar-refractivity contribution is -0.122. The Hall–Kier alpha value is -0.700. The zero-order valence-corrected chi connectivity index (χ0v) is 9.46. The summed E-state index contributed by atoms with van der Waals surface area (Å²) in [6, 6.07) is 0. The molecule has 0 atom stereocenters. The lowest BCUT2D eigenvalue weighted by Crippen LogP contribution is -2.51. The number of rotatable bonds is 3. The fourth-order valence-electron chi connectivity index (χ4n) is 1.47. The van der Waals surface area contributed by atoms with Crippen molar-refractivity contribution in [3.05, 3.63) is 0 Å². The van der Waals surface area contributed by atoms with Gasteiger partial charge in [-0.15, -0.1) is 0 Å². The number of nitrogens with one attached hydrogen (secondary N) is 1. The van der Waals surface area contributed by atoms with Crippen LogP contribution < -0.4 is 11.3 Å². The van der Waals surface area contributed by atoms with E-state index in [1.807, 2.05) is 10.3 Å². The molecule has 1 aliphatic heterocycles. The minimum absolute atomic E-state index is 0.216. The minimum atomic E-state index is -3.10. The normalized spacial score (nSPS) is 20.1. The molecule has 0 aromatic heterocycles. The van der Waals surface area contributed by atoms with E-state index in [0.717, 1.165) is 0 Å². The second-order valence-corrected chi connectivity index (χ2v) is 5.49. The molecule has 0 spiro atoms. The first-order valence-corrected chi connectivity index (χ1v) is 6.45. The predicted molar refractivity (Wildman–Crippen MR) is 55.2 cm³/mol. The number of carbonyl (C=O) groups excluding carboxylic acids is 1. The number of nitrogens with two attached hydrogens (primary N) is 1. The Bertz CT molecular complexity index is 321. The molecule has 0 aliphatic carbocycles. The van der Waals surface area contributed by atoms with Crippen molar-refractivity contribution >= 4 is 15.9 Å². The maximum atomic E-state index is 11.2. The fraction of sp³-hybridized carbons (Fsp3) is 0.857. The van der Waals surface area contributed by atoms with Gasteiger partial charge in [0.25, 0.3) is 0 Å². The summed E-state index contributed by atoms with van der Waals surface area (Å²) in [4.78, 5) is 12.8. The summed E-state index contributed by atoms with van der Waals surface area (Å²) in [6.45, 7) is 2.18. The largest absolute Gasteiger partial charge is 0.293 e. The monoisotopic (exact) mass is 236 g/mol. The van der Waals surface area contributed by atoms with Crippen LogP contribution in [0, 0.1) is 0 Å². The molecule has 1 fully saturated rings. The standard InChI is InChI=1S/C7H16N4O3S/c1-15(13,14)11-4-2-10(3-5-11)6-7(12)9-8/h2-6,8H2,1H3,(H,9,12). The number of amides is 1. The summed E-state index contributed by atoms with van der Waals surface area (Å²) >= 11 is 0. The summed E-state index contributed by atoms with van der Waals surface area (Å²) in [5.74, 6) is 4.69. The van der Waals surface area contributed by atoms with Crippen molar-refractivity contribution in [2.75, 3.05) is 39.0 Å². The van der Waals surface area contributed by atoms with Gasteiger partial charge in [-0.3, -0.25) is 15.1 Å². The molecule has 0 unspecified atom stereocenters. The quantitative estimate of drug-likeness (QED) is 0.322. The molecule has 7 nitrogen and oxygen atoms in total. The predicted octanol–water partition coefficient (Wildman–Crippen LogP) is -2.45. The molecule has 0 aromatic carbocycles. The Kier molecular flexibility index (Phi) is 4.03. The van der Waals surface area contributed by atoms with Gasteiger partial charge in [-0.25, -0.2) is 14.3 Å². The van der Waals surface area contributed by atoms with Gasteiger partial charge in [0.2, 0.25) is 15.9 Å². The smallest absolute Gasteiger partial charge is 0.248 e. The summed E-state index contributed by atoms with van der Waals surface area (Å²) in [6.07, 6.45) is 1.19. The van der Waals surface area contributed by atoms with Crippen LogP contribution in [0.15, 0.2) is 0 Å². The summed E-state index contributed by atoms with van der Waals surface area (Å²) in [7, 11) is -3.10. The first-order valence-electron chi connectivity index (χ1n) is 4.60. The van der Waals surface area contributed by atoms with Crippen molar-refractivity contribution in [2.45, 2.75) is 0 Å². The topological polar surface area (TPSA) is 95.7 Å². The average molecular weight is 236 g/mol. The van der Waals surface area contributed by atoms with Gasteiger partial charge < -0.3 is 0 Å². The molecule has 1 amide bonds. The highest BCUT2D eigenvalue weighted by molar-refractivity contribution is 7.88. The Morgan fingerprint density at radius 3 is 2.27 bits per heavy atom. The third kappa shape index (κ3) is 3.74. The maximum absolute atomic E-state index is 11.2. The molecule has 1 saturated heterocycles. The first kappa shape index (κ1) is 12.4. The molecule has 0 aromatic rings. The van der Waals surface area contributed by atoms with Crippen LogP contribution in [0.4, 0.5) is 0 Å². The molecule has 8 heteroatoms. The minimum Gasteiger partial charge on any atom is -0.293 e. The molecule has 3 N–H and O–H groups in total. The van der Waals surface area contributed by atoms with Crippen LogP contribution >= 0.6 is 0 Å². The van der Waals surface area contributed by atoms with Crippen LogP contribution in [0.3, 0.4) is 0 Å². The number of hydrazine groups is 1. The highest BCUT2D eigenvalue weighted by Crippen LogP contribution is 2.05. The van der Waals surface area contributed by atoms with E-state index in [0.29, 0.717) is 26.2 Å². The van der Waals surface area contributed by atoms with E-state index in [9.17, 15) is 13.2 Å². The number of nitrogens with zero attached hydrogens (tertiary/aromatic N) is 2. The average Bonchev–Trinajstić information content (AvgIpc) is 2.17. The van der Waals surface area contributed by atoms with Gasteiger partial charge >= 0.3 is 0 Å². The number of piperazine rings is 1. The van der Waals surface area contributed by atoms with Crippen molar-refractivity contribution in [3.8, 4) is 0 Å². The Balaban J connectivity index is 2.40. The van der Waals surface area contributed by atoms with E-state index >= 15 is 0 Å². The Labute approximate surface area is 89.2 Å². The van der Waals surface area contributed by atoms with Crippen molar-refractivity contribution in [1.29, 1.82) is 0 Å². The zero-order chi connectivity index (χ0) is 11.5. The second kappa shape index (κ2) is 4.88. The molecule has 1 rings (SSSR count). The fourth-order valence-corrected chi connectivity index (χ4v) is 2.29. The van der Waals surface area contributed by atoms with Gasteiger partial charge in [-0.05, 0) is 0 Å². The summed E-state index contributed by atoms with van der Waals surface area (Å²) in [5.41, 5.74) is 2.04. The molecular weight excluding hydrogens is 220 g/mol. The van der Waals surface area contributed by atoms with E-state index < -0.39 is 10.0 Å². The molecular formula is C7H16N4O3S. The van der Waals surface area contributed by atoms with E-state index in [-0.39, 0.29) is 12.5 Å². The second-order valence-electron chi connectivity index (χ2n) is 3.51. The SMILES string of the molecule is CS(=O)(=O)N1CCN(CC(=O)NN)CC1. The van der Waals surface area contributed by atoms with Gasteiger partial charge in [0.05, 0.1) is 12.8 Å². The van der Waals surface area contributed by atoms with Crippen LogP contribution in [0.2, 0.25) is 0 Å². The molecule has 0 radical (unpaired) electrons. The Morgan fingerprint density at radius 2 is 1.87 bits per heavy atom. The highest BCUT2D eigenvalue weighted by atomic mass is 32.2. The van der Waals surface area contributed by atoms with Crippen LogP contribution in [-0.2, 0) is 14.8 Å². The van der Waals surface area contributed by atoms with E-state index in [1.165, 1.54) is 10.6 Å². The highest BCUT2D eigenvalue weighted by Gasteiger charge is 2.23. The number of hydrogen-bond donors (Lipinski definition) is 2. The molecule has 15 heavy (non-hydrogen) atoms. The van der Waals surface area contributed by atoms with E-state index in [4.69, 9.17) is 5.84 Å². The van der Waals surface area contributed by atoms with Crippen LogP contribution in [0.25, 0.3) is 0 Å². The zero-order valence-electron chi connectivity index (χ0n) is 8.64. The number of sulfonamides is 1. The summed E-state index contributed by atoms with van der Waals surface area (Å²) < 4.78 is 23.8. The summed E-state index contributed by atoms with van der Waals surface area (Å²) in [5, 5.41) is 0.